The Morgan fingerprint density at radius 3 is 2.65 bits per heavy atom. The number of para-hydroxylation sites is 1. The lowest BCUT2D eigenvalue weighted by Crippen LogP contribution is -2.30. The molecule has 2 heterocycles. The van der Waals surface area contributed by atoms with Crippen molar-refractivity contribution in [3.63, 3.8) is 0 Å². The van der Waals surface area contributed by atoms with Crippen LogP contribution in [0.1, 0.15) is 22.5 Å². The van der Waals surface area contributed by atoms with Crippen LogP contribution >= 0.6 is 0 Å². The summed E-state index contributed by atoms with van der Waals surface area (Å²) in [5.74, 6) is 0.504. The van der Waals surface area contributed by atoms with Crippen molar-refractivity contribution in [1.29, 1.82) is 0 Å². The number of benzene rings is 2. The molecule has 3 aromatic rings. The molecule has 1 aromatic heterocycles. The van der Waals surface area contributed by atoms with E-state index in [1.807, 2.05) is 67.1 Å². The van der Waals surface area contributed by atoms with E-state index in [0.29, 0.717) is 26.2 Å². The molecule has 1 N–H and O–H groups in total. The molecule has 0 spiro atoms. The second-order valence-corrected chi connectivity index (χ2v) is 7.85. The summed E-state index contributed by atoms with van der Waals surface area (Å²) >= 11 is 0. The minimum absolute atomic E-state index is 0.342. The number of hydrogen-bond donors (Lipinski definition) is 1. The zero-order valence-electron chi connectivity index (χ0n) is 19.2. The highest BCUT2D eigenvalue weighted by Crippen LogP contribution is 2.30. The average Bonchev–Trinajstić information content (AvgIpc) is 3.15. The second kappa shape index (κ2) is 10.7. The van der Waals surface area contributed by atoms with Gasteiger partial charge in [-0.3, -0.25) is 4.79 Å². The lowest BCUT2D eigenvalue weighted by atomic mass is 10.1. The van der Waals surface area contributed by atoms with E-state index in [4.69, 9.17) is 14.2 Å². The van der Waals surface area contributed by atoms with Crippen LogP contribution in [0.2, 0.25) is 0 Å². The number of ether oxygens (including phenoxy) is 3. The Balaban J connectivity index is 1.23. The Morgan fingerprint density at radius 2 is 1.85 bits per heavy atom. The van der Waals surface area contributed by atoms with Crippen LogP contribution in [0.25, 0.3) is 11.8 Å². The normalized spacial score (nSPS) is 12.5. The number of nitrogens with zero attached hydrogens (tertiary/aromatic N) is 2. The third kappa shape index (κ3) is 5.64. The van der Waals surface area contributed by atoms with Gasteiger partial charge in [0.05, 0.1) is 11.4 Å². The highest BCUT2D eigenvalue weighted by atomic mass is 16.6. The van der Waals surface area contributed by atoms with Crippen molar-refractivity contribution in [3.8, 4) is 17.2 Å². The van der Waals surface area contributed by atoms with Crippen molar-refractivity contribution in [2.75, 3.05) is 26.4 Å². The fourth-order valence-corrected chi connectivity index (χ4v) is 3.69. The number of esters is 1. The lowest BCUT2D eigenvalue weighted by Gasteiger charge is -2.18. The molecule has 8 nitrogen and oxygen atoms in total. The minimum atomic E-state index is -0.590. The number of carbonyl (C=O) groups is 2. The van der Waals surface area contributed by atoms with E-state index < -0.39 is 5.97 Å². The van der Waals surface area contributed by atoms with Crippen molar-refractivity contribution >= 4 is 18.0 Å². The van der Waals surface area contributed by atoms with E-state index >= 15 is 0 Å². The average molecular weight is 462 g/mol. The standard InChI is InChI=1S/C26H27N3O5/c1-18-22(19(2)29(28-18)21-6-4-3-5-7-21)9-11-26(31)34-17-25(30)27-13-12-20-8-10-23-24(16-20)33-15-14-32-23/h3-11,16H,12-15,17H2,1-2H3,(H,27,30)/b11-9+. The summed E-state index contributed by atoms with van der Waals surface area (Å²) < 4.78 is 18.0. The van der Waals surface area contributed by atoms with Crippen LogP contribution in [0.5, 0.6) is 11.5 Å². The molecule has 4 rings (SSSR count). The minimum Gasteiger partial charge on any atom is -0.486 e. The van der Waals surface area contributed by atoms with Crippen molar-refractivity contribution in [3.05, 3.63) is 77.1 Å². The molecule has 0 atom stereocenters. The van der Waals surface area contributed by atoms with E-state index in [1.54, 1.807) is 6.08 Å². The molecule has 0 radical (unpaired) electrons. The van der Waals surface area contributed by atoms with Gasteiger partial charge in [-0.25, -0.2) is 9.48 Å². The smallest absolute Gasteiger partial charge is 0.331 e. The van der Waals surface area contributed by atoms with Gasteiger partial charge in [-0.05, 0) is 56.2 Å². The van der Waals surface area contributed by atoms with Gasteiger partial charge in [0, 0.05) is 23.9 Å². The van der Waals surface area contributed by atoms with Crippen molar-refractivity contribution in [1.82, 2.24) is 15.1 Å². The largest absolute Gasteiger partial charge is 0.486 e. The maximum atomic E-state index is 12.1. The Bertz CT molecular complexity index is 1200. The third-order valence-corrected chi connectivity index (χ3v) is 5.42. The molecule has 34 heavy (non-hydrogen) atoms. The summed E-state index contributed by atoms with van der Waals surface area (Å²) in [4.78, 5) is 24.2. The van der Waals surface area contributed by atoms with Gasteiger partial charge in [-0.1, -0.05) is 24.3 Å². The van der Waals surface area contributed by atoms with E-state index in [0.717, 1.165) is 39.7 Å². The molecule has 0 aliphatic carbocycles. The van der Waals surface area contributed by atoms with Gasteiger partial charge in [-0.15, -0.1) is 0 Å². The van der Waals surface area contributed by atoms with E-state index in [-0.39, 0.29) is 12.5 Å². The highest BCUT2D eigenvalue weighted by molar-refractivity contribution is 5.89. The first-order chi connectivity index (χ1) is 16.5. The van der Waals surface area contributed by atoms with Crippen molar-refractivity contribution in [2.24, 2.45) is 0 Å². The maximum absolute atomic E-state index is 12.1. The Labute approximate surface area is 198 Å². The monoisotopic (exact) mass is 461 g/mol. The van der Waals surface area contributed by atoms with E-state index in [9.17, 15) is 9.59 Å². The number of nitrogens with one attached hydrogen (secondary N) is 1. The number of amides is 1. The molecule has 8 heteroatoms. The summed E-state index contributed by atoms with van der Waals surface area (Å²) in [6, 6.07) is 15.5. The molecule has 0 unspecified atom stereocenters. The van der Waals surface area contributed by atoms with Crippen LogP contribution in [0, 0.1) is 13.8 Å². The predicted octanol–water partition coefficient (Wildman–Crippen LogP) is 3.18. The van der Waals surface area contributed by atoms with Gasteiger partial charge in [0.25, 0.3) is 5.91 Å². The van der Waals surface area contributed by atoms with E-state index in [2.05, 4.69) is 10.4 Å². The fraction of sp³-hybridized carbons (Fsp3) is 0.269. The zero-order chi connectivity index (χ0) is 23.9. The van der Waals surface area contributed by atoms with Gasteiger partial charge in [0.1, 0.15) is 13.2 Å². The molecule has 0 saturated carbocycles. The van der Waals surface area contributed by atoms with E-state index in [1.165, 1.54) is 6.08 Å². The van der Waals surface area contributed by atoms with Crippen LogP contribution in [0.15, 0.2) is 54.6 Å². The second-order valence-electron chi connectivity index (χ2n) is 7.85. The fourth-order valence-electron chi connectivity index (χ4n) is 3.69. The molecular weight excluding hydrogens is 434 g/mol. The summed E-state index contributed by atoms with van der Waals surface area (Å²) in [6.45, 7) is 4.97. The molecule has 176 valence electrons. The molecule has 1 amide bonds. The van der Waals surface area contributed by atoms with Crippen LogP contribution in [0.4, 0.5) is 0 Å². The van der Waals surface area contributed by atoms with Crippen LogP contribution in [-0.2, 0) is 20.7 Å². The van der Waals surface area contributed by atoms with Crippen molar-refractivity contribution < 1.29 is 23.8 Å². The SMILES string of the molecule is Cc1nn(-c2ccccc2)c(C)c1/C=C/C(=O)OCC(=O)NCCc1ccc2c(c1)OCCO2. The quantitative estimate of drug-likeness (QED) is 0.409. The number of aryl methyl sites for hydroxylation is 1. The molecule has 0 saturated heterocycles. The van der Waals surface area contributed by atoms with Crippen LogP contribution in [0.3, 0.4) is 0 Å². The molecule has 1 aliphatic heterocycles. The number of rotatable bonds is 8. The summed E-state index contributed by atoms with van der Waals surface area (Å²) in [5.41, 5.74) is 4.50. The number of carbonyl (C=O) groups excluding carboxylic acids is 2. The first-order valence-corrected chi connectivity index (χ1v) is 11.1. The maximum Gasteiger partial charge on any atom is 0.331 e. The van der Waals surface area contributed by atoms with Gasteiger partial charge in [0.15, 0.2) is 18.1 Å². The molecule has 0 fully saturated rings. The van der Waals surface area contributed by atoms with Gasteiger partial charge in [-0.2, -0.15) is 5.10 Å². The molecule has 2 aromatic carbocycles. The van der Waals surface area contributed by atoms with Gasteiger partial charge >= 0.3 is 5.97 Å². The van der Waals surface area contributed by atoms with Crippen molar-refractivity contribution in [2.45, 2.75) is 20.3 Å². The predicted molar refractivity (Wildman–Crippen MR) is 127 cm³/mol. The first-order valence-electron chi connectivity index (χ1n) is 11.1. The summed E-state index contributed by atoms with van der Waals surface area (Å²) in [6.07, 6.45) is 3.61. The number of aromatic nitrogens is 2. The summed E-state index contributed by atoms with van der Waals surface area (Å²) in [7, 11) is 0. The highest BCUT2D eigenvalue weighted by Gasteiger charge is 2.13. The topological polar surface area (TPSA) is 91.7 Å². The lowest BCUT2D eigenvalue weighted by molar-refractivity contribution is -0.143. The Kier molecular flexibility index (Phi) is 7.27. The molecule has 0 bridgehead atoms. The number of fused-ring (bicyclic) bond motifs is 1. The van der Waals surface area contributed by atoms with Crippen LogP contribution in [-0.4, -0.2) is 48.0 Å². The van der Waals surface area contributed by atoms with Gasteiger partial charge in [0.2, 0.25) is 0 Å². The van der Waals surface area contributed by atoms with Crippen LogP contribution < -0.4 is 14.8 Å². The Morgan fingerprint density at radius 1 is 1.09 bits per heavy atom. The Hall–Kier alpha value is -4.07. The summed E-state index contributed by atoms with van der Waals surface area (Å²) in [5, 5.41) is 7.30. The molecular formula is C26H27N3O5. The third-order valence-electron chi connectivity index (χ3n) is 5.42. The van der Waals surface area contributed by atoms with Gasteiger partial charge < -0.3 is 19.5 Å². The first kappa shape index (κ1) is 23.1. The number of hydrogen-bond acceptors (Lipinski definition) is 6. The molecule has 1 aliphatic rings. The zero-order valence-corrected chi connectivity index (χ0v) is 19.2.